The van der Waals surface area contributed by atoms with Crippen molar-refractivity contribution in [3.63, 3.8) is 0 Å². The zero-order valence-corrected chi connectivity index (χ0v) is 24.9. The molecule has 0 aliphatic heterocycles. The maximum atomic E-state index is 13.8. The lowest BCUT2D eigenvalue weighted by Gasteiger charge is -2.32. The molecule has 1 N–H and O–H groups in total. The predicted molar refractivity (Wildman–Crippen MR) is 157 cm³/mol. The third-order valence-corrected chi connectivity index (χ3v) is 8.24. The van der Waals surface area contributed by atoms with E-state index in [-0.39, 0.29) is 43.9 Å². The van der Waals surface area contributed by atoms with Gasteiger partial charge in [0.25, 0.3) is 0 Å². The zero-order chi connectivity index (χ0) is 30.2. The first kappa shape index (κ1) is 32.3. The van der Waals surface area contributed by atoms with Gasteiger partial charge >= 0.3 is 0 Å². The van der Waals surface area contributed by atoms with Crippen LogP contribution in [0.5, 0.6) is 0 Å². The molecule has 2 amide bonds. The molecule has 3 aromatic rings. The molecule has 0 fully saturated rings. The van der Waals surface area contributed by atoms with E-state index in [4.69, 9.17) is 23.2 Å². The highest BCUT2D eigenvalue weighted by Crippen LogP contribution is 2.25. The van der Waals surface area contributed by atoms with Crippen LogP contribution in [-0.2, 0) is 32.6 Å². The Bertz CT molecular complexity index is 1480. The number of anilines is 1. The first-order chi connectivity index (χ1) is 19.4. The van der Waals surface area contributed by atoms with Crippen molar-refractivity contribution in [3.05, 3.63) is 99.5 Å². The van der Waals surface area contributed by atoms with Crippen molar-refractivity contribution < 1.29 is 26.8 Å². The lowest BCUT2D eigenvalue weighted by molar-refractivity contribution is -0.141. The lowest BCUT2D eigenvalue weighted by Crippen LogP contribution is -2.50. The molecule has 7 nitrogen and oxygen atoms in total. The molecule has 0 spiro atoms. The second-order valence-electron chi connectivity index (χ2n) is 9.41. The normalized spacial score (nSPS) is 12.0. The van der Waals surface area contributed by atoms with Crippen LogP contribution < -0.4 is 9.62 Å². The Morgan fingerprint density at radius 1 is 0.927 bits per heavy atom. The van der Waals surface area contributed by atoms with Crippen LogP contribution >= 0.6 is 23.2 Å². The van der Waals surface area contributed by atoms with Crippen LogP contribution in [0.1, 0.15) is 30.9 Å². The molecule has 41 heavy (non-hydrogen) atoms. The minimum Gasteiger partial charge on any atom is -0.355 e. The van der Waals surface area contributed by atoms with E-state index < -0.39 is 33.6 Å². The fourth-order valence-corrected chi connectivity index (χ4v) is 5.60. The first-order valence-corrected chi connectivity index (χ1v) is 15.5. The summed E-state index contributed by atoms with van der Waals surface area (Å²) in [7, 11) is -3.87. The molecule has 0 saturated carbocycles. The van der Waals surface area contributed by atoms with Crippen LogP contribution in [0.4, 0.5) is 14.5 Å². The van der Waals surface area contributed by atoms with Gasteiger partial charge in [0.15, 0.2) is 11.6 Å². The summed E-state index contributed by atoms with van der Waals surface area (Å²) >= 11 is 12.3. The molecule has 3 rings (SSSR count). The number of sulfonamides is 1. The topological polar surface area (TPSA) is 86.8 Å². The van der Waals surface area contributed by atoms with Gasteiger partial charge in [0, 0.05) is 38.5 Å². The Balaban J connectivity index is 1.89. The molecule has 0 aliphatic carbocycles. The summed E-state index contributed by atoms with van der Waals surface area (Å²) in [6.07, 6.45) is 1.11. The van der Waals surface area contributed by atoms with Crippen LogP contribution in [0.2, 0.25) is 10.0 Å². The largest absolute Gasteiger partial charge is 0.355 e. The van der Waals surface area contributed by atoms with E-state index in [0.29, 0.717) is 22.2 Å². The van der Waals surface area contributed by atoms with Crippen molar-refractivity contribution in [1.82, 2.24) is 10.2 Å². The number of hydrogen-bond donors (Lipinski definition) is 1. The van der Waals surface area contributed by atoms with Gasteiger partial charge < -0.3 is 10.2 Å². The van der Waals surface area contributed by atoms with E-state index in [9.17, 15) is 26.8 Å². The molecule has 1 unspecified atom stereocenters. The molecule has 3 aromatic carbocycles. The number of hydrogen-bond acceptors (Lipinski definition) is 4. The van der Waals surface area contributed by atoms with E-state index in [0.717, 1.165) is 34.3 Å². The van der Waals surface area contributed by atoms with Gasteiger partial charge in [0.2, 0.25) is 21.8 Å². The second-order valence-corrected chi connectivity index (χ2v) is 12.1. The van der Waals surface area contributed by atoms with Crippen molar-refractivity contribution in [3.8, 4) is 0 Å². The summed E-state index contributed by atoms with van der Waals surface area (Å²) in [6, 6.07) is 16.1. The fraction of sp³-hybridized carbons (Fsp3) is 0.310. The molecule has 0 heterocycles. The number of nitrogens with zero attached hydrogens (tertiary/aromatic N) is 2. The summed E-state index contributed by atoms with van der Waals surface area (Å²) in [4.78, 5) is 28.4. The van der Waals surface area contributed by atoms with Crippen molar-refractivity contribution in [1.29, 1.82) is 0 Å². The molecule has 0 aliphatic rings. The third kappa shape index (κ3) is 9.14. The standard InChI is InChI=1S/C29H31Cl2F2N3O4S/c1-3-34-29(38)27(17-20-8-5-4-6-9-20)35(19-21-11-13-23(30)24(31)16-21)28(37)10-7-15-36(41(2,39)40)22-12-14-25(32)26(33)18-22/h4-6,8-9,11-14,16,18,27H,3,7,10,15,17,19H2,1-2H3,(H,34,38). The minimum atomic E-state index is -3.87. The fourth-order valence-electron chi connectivity index (χ4n) is 4.32. The Hall–Kier alpha value is -3.21. The number of nitrogens with one attached hydrogen (secondary N) is 1. The summed E-state index contributed by atoms with van der Waals surface area (Å²) in [6.45, 7) is 2.02. The Kier molecular flexibility index (Phi) is 11.5. The van der Waals surface area contributed by atoms with Gasteiger partial charge in [-0.3, -0.25) is 13.9 Å². The Labute approximate surface area is 249 Å². The summed E-state index contributed by atoms with van der Waals surface area (Å²) in [5.41, 5.74) is 1.43. The van der Waals surface area contributed by atoms with E-state index >= 15 is 0 Å². The average Bonchev–Trinajstić information content (AvgIpc) is 2.92. The van der Waals surface area contributed by atoms with Gasteiger partial charge in [-0.25, -0.2) is 17.2 Å². The van der Waals surface area contributed by atoms with Crippen LogP contribution in [0.3, 0.4) is 0 Å². The molecule has 1 atom stereocenters. The van der Waals surface area contributed by atoms with Gasteiger partial charge in [-0.1, -0.05) is 59.6 Å². The maximum absolute atomic E-state index is 13.8. The number of likely N-dealkylation sites (N-methyl/N-ethyl adjacent to an activating group) is 1. The molecular formula is C29H31Cl2F2N3O4S. The number of halogens is 4. The minimum absolute atomic E-state index is 0.0450. The van der Waals surface area contributed by atoms with E-state index in [2.05, 4.69) is 5.32 Å². The lowest BCUT2D eigenvalue weighted by atomic mass is 10.0. The van der Waals surface area contributed by atoms with E-state index in [1.54, 1.807) is 25.1 Å². The SMILES string of the molecule is CCNC(=O)C(Cc1ccccc1)N(Cc1ccc(Cl)c(Cl)c1)C(=O)CCCN(c1ccc(F)c(F)c1)S(C)(=O)=O. The van der Waals surface area contributed by atoms with Crippen LogP contribution in [0, 0.1) is 11.6 Å². The first-order valence-electron chi connectivity index (χ1n) is 12.9. The highest BCUT2D eigenvalue weighted by Gasteiger charge is 2.30. The average molecular weight is 627 g/mol. The van der Waals surface area contributed by atoms with E-state index in [1.165, 1.54) is 4.90 Å². The maximum Gasteiger partial charge on any atom is 0.243 e. The number of rotatable bonds is 13. The molecule has 0 bridgehead atoms. The molecule has 0 saturated heterocycles. The van der Waals surface area contributed by atoms with E-state index in [1.807, 2.05) is 30.3 Å². The summed E-state index contributed by atoms with van der Waals surface area (Å²) in [5.74, 6) is -3.04. The number of carbonyl (C=O) groups excluding carboxylic acids is 2. The zero-order valence-electron chi connectivity index (χ0n) is 22.6. The smallest absolute Gasteiger partial charge is 0.243 e. The molecule has 0 radical (unpaired) electrons. The highest BCUT2D eigenvalue weighted by molar-refractivity contribution is 7.92. The Morgan fingerprint density at radius 3 is 2.24 bits per heavy atom. The third-order valence-electron chi connectivity index (χ3n) is 6.30. The van der Waals surface area contributed by atoms with Gasteiger partial charge in [-0.15, -0.1) is 0 Å². The summed E-state index contributed by atoms with van der Waals surface area (Å²) < 4.78 is 53.1. The molecule has 220 valence electrons. The summed E-state index contributed by atoms with van der Waals surface area (Å²) in [5, 5.41) is 3.44. The van der Waals surface area contributed by atoms with Crippen molar-refractivity contribution in [2.24, 2.45) is 0 Å². The molecule has 12 heteroatoms. The molecule has 0 aromatic heterocycles. The van der Waals surface area contributed by atoms with Crippen molar-refractivity contribution in [2.45, 2.75) is 38.8 Å². The van der Waals surface area contributed by atoms with Gasteiger partial charge in [0.05, 0.1) is 22.0 Å². The second kappa shape index (κ2) is 14.6. The highest BCUT2D eigenvalue weighted by atomic mass is 35.5. The Morgan fingerprint density at radius 2 is 1.63 bits per heavy atom. The monoisotopic (exact) mass is 625 g/mol. The molecular weight excluding hydrogens is 595 g/mol. The van der Waals surface area contributed by atoms with Crippen LogP contribution in [0.25, 0.3) is 0 Å². The number of amides is 2. The predicted octanol–water partition coefficient (Wildman–Crippen LogP) is 5.59. The number of carbonyl (C=O) groups is 2. The van der Waals surface area contributed by atoms with Crippen LogP contribution in [-0.4, -0.2) is 50.5 Å². The quantitative estimate of drug-likeness (QED) is 0.268. The van der Waals surface area contributed by atoms with Gasteiger partial charge in [-0.2, -0.15) is 0 Å². The van der Waals surface area contributed by atoms with Gasteiger partial charge in [0.1, 0.15) is 6.04 Å². The van der Waals surface area contributed by atoms with Crippen molar-refractivity contribution in [2.75, 3.05) is 23.7 Å². The van der Waals surface area contributed by atoms with Crippen LogP contribution in [0.15, 0.2) is 66.7 Å². The number of benzene rings is 3. The van der Waals surface area contributed by atoms with Crippen molar-refractivity contribution >= 4 is 50.7 Å². The van der Waals surface area contributed by atoms with Gasteiger partial charge in [-0.05, 0) is 48.7 Å².